The third-order valence-corrected chi connectivity index (χ3v) is 11.3. The van der Waals surface area contributed by atoms with Gasteiger partial charge in [0.25, 0.3) is 11.8 Å². The van der Waals surface area contributed by atoms with Crippen molar-refractivity contribution in [2.24, 2.45) is 23.7 Å². The molecule has 1 saturated carbocycles. The fraction of sp³-hybridized carbons (Fsp3) is 0.355. The molecule has 2 saturated heterocycles. The van der Waals surface area contributed by atoms with Gasteiger partial charge in [0.15, 0.2) is 21.2 Å². The van der Waals surface area contributed by atoms with Crippen molar-refractivity contribution in [1.82, 2.24) is 4.90 Å². The highest BCUT2D eigenvalue weighted by Gasteiger charge is 2.75. The van der Waals surface area contributed by atoms with Crippen LogP contribution in [0.1, 0.15) is 18.4 Å². The maximum atomic E-state index is 14.0. The number of hydrogen-bond donors (Lipinski definition) is 1. The number of carbonyl (C=O) groups excluding carboxylic acids is 4. The van der Waals surface area contributed by atoms with Gasteiger partial charge in [-0.05, 0) is 83.3 Å². The summed E-state index contributed by atoms with van der Waals surface area (Å²) in [5.74, 6) is -4.71. The Morgan fingerprint density at radius 3 is 2.21 bits per heavy atom. The molecule has 0 radical (unpaired) electrons. The van der Waals surface area contributed by atoms with Crippen LogP contribution >= 0.6 is 45.8 Å². The molecule has 224 valence electrons. The number of allylic oxidation sites excluding steroid dienone is 3. The summed E-state index contributed by atoms with van der Waals surface area (Å²) in [6, 6.07) is 10.3. The average Bonchev–Trinajstić information content (AvgIpc) is 3.32. The molecule has 2 aromatic rings. The second-order valence-corrected chi connectivity index (χ2v) is 13.7. The van der Waals surface area contributed by atoms with Crippen LogP contribution in [0.2, 0.25) is 0 Å². The molecular weight excluding hydrogens is 710 g/mol. The number of amides is 4. The molecule has 9 nitrogen and oxygen atoms in total. The van der Waals surface area contributed by atoms with Crippen molar-refractivity contribution in [2.75, 3.05) is 26.2 Å². The van der Waals surface area contributed by atoms with Crippen molar-refractivity contribution >= 4 is 81.2 Å². The number of likely N-dealkylation sites (tertiary alicyclic amines) is 1. The first-order valence-corrected chi connectivity index (χ1v) is 15.4. The number of halogens is 3. The van der Waals surface area contributed by atoms with Crippen LogP contribution in [0.15, 0.2) is 54.1 Å². The number of anilines is 1. The Morgan fingerprint density at radius 2 is 1.60 bits per heavy atom. The van der Waals surface area contributed by atoms with E-state index in [9.17, 15) is 24.3 Å². The Balaban J connectivity index is 1.46. The molecule has 6 rings (SSSR count). The molecule has 1 N–H and O–H groups in total. The largest absolute Gasteiger partial charge is 0.502 e. The number of imide groups is 2. The van der Waals surface area contributed by atoms with Gasteiger partial charge in [-0.25, -0.2) is 0 Å². The minimum Gasteiger partial charge on any atom is -0.502 e. The Labute approximate surface area is 271 Å². The lowest BCUT2D eigenvalue weighted by atomic mass is 9.57. The Kier molecular flexibility index (Phi) is 7.33. The number of rotatable bonds is 5. The predicted molar refractivity (Wildman–Crippen MR) is 168 cm³/mol. The van der Waals surface area contributed by atoms with Crippen LogP contribution in [-0.4, -0.2) is 64.7 Å². The van der Waals surface area contributed by atoms with Gasteiger partial charge in [0.05, 0.1) is 31.7 Å². The van der Waals surface area contributed by atoms with Gasteiger partial charge in [-0.15, -0.1) is 23.2 Å². The number of methoxy groups -OCH3 is 2. The summed E-state index contributed by atoms with van der Waals surface area (Å²) in [5.41, 5.74) is 1.72. The van der Waals surface area contributed by atoms with E-state index < -0.39 is 45.2 Å². The van der Waals surface area contributed by atoms with E-state index in [1.165, 1.54) is 26.2 Å². The van der Waals surface area contributed by atoms with Gasteiger partial charge < -0.3 is 14.6 Å². The smallest absolute Gasteiger partial charge is 0.253 e. The highest BCUT2D eigenvalue weighted by Crippen LogP contribution is 2.63. The fourth-order valence-electron chi connectivity index (χ4n) is 7.05. The zero-order valence-electron chi connectivity index (χ0n) is 23.3. The number of phenolic OH excluding ortho intramolecular Hbond substituents is 1. The molecule has 0 unspecified atom stereocenters. The summed E-state index contributed by atoms with van der Waals surface area (Å²) in [6.07, 6.45) is 5.44. The highest BCUT2D eigenvalue weighted by molar-refractivity contribution is 14.1. The topological polar surface area (TPSA) is 113 Å². The van der Waals surface area contributed by atoms with Gasteiger partial charge in [-0.2, -0.15) is 0 Å². The first-order chi connectivity index (χ1) is 20.4. The number of hydrogen-bond acceptors (Lipinski definition) is 7. The molecule has 0 spiro atoms. The molecule has 43 heavy (non-hydrogen) atoms. The summed E-state index contributed by atoms with van der Waals surface area (Å²) in [5, 5.41) is 10.4. The minimum absolute atomic E-state index is 0.0787. The van der Waals surface area contributed by atoms with Crippen LogP contribution in [0.4, 0.5) is 5.69 Å². The lowest BCUT2D eigenvalue weighted by Crippen LogP contribution is -2.60. The lowest BCUT2D eigenvalue weighted by Gasteiger charge is -2.49. The fourth-order valence-corrected chi connectivity index (χ4v) is 8.39. The summed E-state index contributed by atoms with van der Waals surface area (Å²) in [6.45, 7) is 0. The number of nitrogens with zero attached hydrogens (tertiary/aromatic N) is 2. The van der Waals surface area contributed by atoms with Crippen LogP contribution in [-0.2, 0) is 19.2 Å². The number of benzene rings is 2. The van der Waals surface area contributed by atoms with Gasteiger partial charge in [0.2, 0.25) is 17.6 Å². The third kappa shape index (κ3) is 4.16. The molecule has 3 fully saturated rings. The van der Waals surface area contributed by atoms with E-state index in [0.717, 1.165) is 8.47 Å². The molecule has 4 aliphatic rings. The van der Waals surface area contributed by atoms with E-state index >= 15 is 0 Å². The second-order valence-electron chi connectivity index (χ2n) is 11.2. The molecule has 2 heterocycles. The number of alkyl halides is 2. The summed E-state index contributed by atoms with van der Waals surface area (Å²) in [7, 11) is 4.16. The number of phenols is 1. The summed E-state index contributed by atoms with van der Waals surface area (Å²) >= 11 is 16.5. The Hall–Kier alpha value is -3.09. The van der Waals surface area contributed by atoms with Gasteiger partial charge in [0.1, 0.15) is 0 Å². The van der Waals surface area contributed by atoms with E-state index in [1.54, 1.807) is 36.4 Å². The van der Waals surface area contributed by atoms with E-state index in [-0.39, 0.29) is 41.9 Å². The van der Waals surface area contributed by atoms with E-state index in [4.69, 9.17) is 32.7 Å². The number of ether oxygens (including phenoxy) is 2. The van der Waals surface area contributed by atoms with Crippen LogP contribution in [0.3, 0.4) is 0 Å². The van der Waals surface area contributed by atoms with E-state index in [2.05, 4.69) is 22.6 Å². The SMILES string of the molecule is COc1cc(C=C[C@H]2C3=CC[C@@H]4C(=O)N(c5ccc(I)cc5)C(=O)[C@@H]4[C@@H]3C[C@@]3(Cl)C(=O)N(C)C(=O)[C@@]23Cl)cc(OC)c1O. The standard InChI is InChI=1S/C31H27Cl2IN2O7/c1-35-28(40)30(32)14-20-18(9-10-19-24(20)27(39)36(26(19)38)17-7-5-16(34)6-8-17)21(31(30,33)29(35)41)11-4-15-12-22(42-2)25(37)23(13-15)43-3/h4-9,11-13,19-21,24,37H,10,14H2,1-3H3/t19-,20+,21-,24-,30+,31-/m0/s1. The van der Waals surface area contributed by atoms with Crippen LogP contribution in [0.25, 0.3) is 6.08 Å². The highest BCUT2D eigenvalue weighted by atomic mass is 127. The van der Waals surface area contributed by atoms with Crippen molar-refractivity contribution in [2.45, 2.75) is 22.6 Å². The molecule has 2 aliphatic carbocycles. The molecule has 0 aromatic heterocycles. The van der Waals surface area contributed by atoms with Gasteiger partial charge in [-0.1, -0.05) is 23.8 Å². The van der Waals surface area contributed by atoms with Crippen molar-refractivity contribution in [3.63, 3.8) is 0 Å². The molecule has 2 aromatic carbocycles. The maximum Gasteiger partial charge on any atom is 0.253 e. The molecule has 2 aliphatic heterocycles. The van der Waals surface area contributed by atoms with Crippen molar-refractivity contribution in [3.8, 4) is 17.2 Å². The van der Waals surface area contributed by atoms with Gasteiger partial charge in [-0.3, -0.25) is 29.0 Å². The molecule has 4 amide bonds. The molecule has 6 atom stereocenters. The molecule has 0 bridgehead atoms. The normalized spacial score (nSPS) is 31.7. The summed E-state index contributed by atoms with van der Waals surface area (Å²) in [4.78, 5) is 53.3. The first-order valence-electron chi connectivity index (χ1n) is 13.6. The Bertz CT molecular complexity index is 1620. The quantitative estimate of drug-likeness (QED) is 0.204. The van der Waals surface area contributed by atoms with Crippen molar-refractivity contribution < 1.29 is 33.8 Å². The zero-order valence-corrected chi connectivity index (χ0v) is 27.0. The van der Waals surface area contributed by atoms with Crippen molar-refractivity contribution in [3.05, 3.63) is 63.3 Å². The predicted octanol–water partition coefficient (Wildman–Crippen LogP) is 4.75. The zero-order chi connectivity index (χ0) is 31.0. The Morgan fingerprint density at radius 1 is 0.977 bits per heavy atom. The third-order valence-electron chi connectivity index (χ3n) is 9.14. The van der Waals surface area contributed by atoms with Crippen LogP contribution < -0.4 is 14.4 Å². The van der Waals surface area contributed by atoms with Crippen molar-refractivity contribution in [1.29, 1.82) is 0 Å². The summed E-state index contributed by atoms with van der Waals surface area (Å²) < 4.78 is 11.5. The van der Waals surface area contributed by atoms with E-state index in [1.807, 2.05) is 18.2 Å². The lowest BCUT2D eigenvalue weighted by molar-refractivity contribution is -0.138. The van der Waals surface area contributed by atoms with Crippen LogP contribution in [0, 0.1) is 27.2 Å². The first kappa shape index (κ1) is 30.0. The van der Waals surface area contributed by atoms with E-state index in [0.29, 0.717) is 16.8 Å². The number of carbonyl (C=O) groups is 4. The molecular formula is C31H27Cl2IN2O7. The molecule has 12 heteroatoms. The maximum absolute atomic E-state index is 14.0. The monoisotopic (exact) mass is 736 g/mol. The van der Waals surface area contributed by atoms with Gasteiger partial charge >= 0.3 is 0 Å². The number of fused-ring (bicyclic) bond motifs is 4. The van der Waals surface area contributed by atoms with Crippen LogP contribution in [0.5, 0.6) is 17.2 Å². The number of aromatic hydroxyl groups is 1. The minimum atomic E-state index is -1.88. The van der Waals surface area contributed by atoms with Gasteiger partial charge in [0, 0.05) is 16.5 Å². The average molecular weight is 737 g/mol. The second kappa shape index (κ2) is 10.5.